The van der Waals surface area contributed by atoms with Gasteiger partial charge in [-0.2, -0.15) is 13.2 Å². The van der Waals surface area contributed by atoms with Gasteiger partial charge in [-0.15, -0.1) is 0 Å². The zero-order valence-corrected chi connectivity index (χ0v) is 14.7. The van der Waals surface area contributed by atoms with Gasteiger partial charge in [0, 0.05) is 25.4 Å². The van der Waals surface area contributed by atoms with E-state index < -0.39 is 12.0 Å². The molecule has 0 bridgehead atoms. The molecule has 27 heavy (non-hydrogen) atoms. The number of rotatable bonds is 6. The van der Waals surface area contributed by atoms with E-state index in [-0.39, 0.29) is 31.3 Å². The Kier molecular flexibility index (Phi) is 5.43. The molecule has 0 spiro atoms. The van der Waals surface area contributed by atoms with Crippen LogP contribution in [0, 0.1) is 0 Å². The molecule has 2 heterocycles. The summed E-state index contributed by atoms with van der Waals surface area (Å²) in [5.41, 5.74) is 1.57. The molecule has 2 aromatic heterocycles. The molecule has 0 fully saturated rings. The van der Waals surface area contributed by atoms with Gasteiger partial charge in [0.25, 0.3) is 0 Å². The number of halogens is 3. The van der Waals surface area contributed by atoms with Gasteiger partial charge >= 0.3 is 6.18 Å². The van der Waals surface area contributed by atoms with Gasteiger partial charge in [0.05, 0.1) is 17.1 Å². The molecule has 3 rings (SSSR count). The number of hydrogen-bond donors (Lipinski definition) is 1. The highest BCUT2D eigenvalue weighted by molar-refractivity contribution is 5.77. The van der Waals surface area contributed by atoms with Gasteiger partial charge in [0.15, 0.2) is 0 Å². The van der Waals surface area contributed by atoms with E-state index in [4.69, 9.17) is 0 Å². The van der Waals surface area contributed by atoms with Crippen molar-refractivity contribution in [1.82, 2.24) is 19.9 Å². The average molecular weight is 376 g/mol. The molecule has 0 saturated carbocycles. The summed E-state index contributed by atoms with van der Waals surface area (Å²) in [5.74, 6) is -1.16. The van der Waals surface area contributed by atoms with Crippen LogP contribution in [0.2, 0.25) is 0 Å². The Morgan fingerprint density at radius 1 is 1.22 bits per heavy atom. The van der Waals surface area contributed by atoms with E-state index in [1.54, 1.807) is 42.7 Å². The van der Waals surface area contributed by atoms with Crippen molar-refractivity contribution < 1.29 is 18.0 Å². The summed E-state index contributed by atoms with van der Waals surface area (Å²) in [5, 5.41) is 2.83. The number of nitrogens with one attached hydrogen (secondary N) is 1. The molecule has 0 aliphatic rings. The number of imidazole rings is 1. The van der Waals surface area contributed by atoms with E-state index >= 15 is 0 Å². The smallest absolute Gasteiger partial charge is 0.350 e. The summed E-state index contributed by atoms with van der Waals surface area (Å²) in [6, 6.07) is 9.87. The van der Waals surface area contributed by atoms with Crippen LogP contribution in [-0.4, -0.2) is 20.4 Å². The summed E-state index contributed by atoms with van der Waals surface area (Å²) in [6.45, 7) is 1.89. The third-order valence-corrected chi connectivity index (χ3v) is 4.26. The van der Waals surface area contributed by atoms with E-state index in [9.17, 15) is 18.0 Å². The Labute approximate surface area is 154 Å². The number of alkyl halides is 3. The lowest BCUT2D eigenvalue weighted by Gasteiger charge is -2.14. The minimum Gasteiger partial charge on any atom is -0.350 e. The summed E-state index contributed by atoms with van der Waals surface area (Å²) >= 11 is 0. The SMILES string of the molecule is CC(NC(=O)CCCn1c(C(F)(F)F)nc2ccccc21)c1cccnc1. The lowest BCUT2D eigenvalue weighted by molar-refractivity contribution is -0.146. The molecule has 0 saturated heterocycles. The number of benzene rings is 1. The predicted octanol–water partition coefficient (Wildman–Crippen LogP) is 4.11. The number of fused-ring (bicyclic) bond motifs is 1. The number of carbonyl (C=O) groups is 1. The molecule has 142 valence electrons. The molecule has 1 unspecified atom stereocenters. The molecule has 0 radical (unpaired) electrons. The van der Waals surface area contributed by atoms with Gasteiger partial charge in [-0.1, -0.05) is 18.2 Å². The van der Waals surface area contributed by atoms with Gasteiger partial charge in [0.2, 0.25) is 11.7 Å². The molecule has 0 aliphatic carbocycles. The zero-order valence-electron chi connectivity index (χ0n) is 14.7. The van der Waals surface area contributed by atoms with Crippen LogP contribution in [0.3, 0.4) is 0 Å². The lowest BCUT2D eigenvalue weighted by Crippen LogP contribution is -2.26. The second-order valence-electron chi connectivity index (χ2n) is 6.25. The Morgan fingerprint density at radius 3 is 2.70 bits per heavy atom. The van der Waals surface area contributed by atoms with E-state index in [2.05, 4.69) is 15.3 Å². The van der Waals surface area contributed by atoms with Crippen LogP contribution in [0.25, 0.3) is 11.0 Å². The number of pyridine rings is 1. The normalized spacial score (nSPS) is 12.9. The minimum atomic E-state index is -4.55. The monoisotopic (exact) mass is 376 g/mol. The molecule has 1 N–H and O–H groups in total. The van der Waals surface area contributed by atoms with Crippen molar-refractivity contribution in [1.29, 1.82) is 0 Å². The Morgan fingerprint density at radius 2 is 2.00 bits per heavy atom. The van der Waals surface area contributed by atoms with E-state index in [0.717, 1.165) is 10.1 Å². The van der Waals surface area contributed by atoms with Gasteiger partial charge in [0.1, 0.15) is 0 Å². The summed E-state index contributed by atoms with van der Waals surface area (Å²) in [6.07, 6.45) is -0.844. The first-order valence-corrected chi connectivity index (χ1v) is 8.58. The van der Waals surface area contributed by atoms with Crippen LogP contribution in [0.4, 0.5) is 13.2 Å². The Hall–Kier alpha value is -2.90. The molecule has 0 aliphatic heterocycles. The Balaban J connectivity index is 1.64. The molecule has 1 amide bonds. The standard InChI is InChI=1S/C19H19F3N4O/c1-13(14-6-4-10-23-12-14)24-17(27)9-5-11-26-16-8-3-2-7-15(16)25-18(26)19(20,21)22/h2-4,6-8,10,12-13H,5,9,11H2,1H3,(H,24,27). The van der Waals surface area contributed by atoms with Crippen molar-refractivity contribution in [3.8, 4) is 0 Å². The second-order valence-corrected chi connectivity index (χ2v) is 6.25. The van der Waals surface area contributed by atoms with Crippen molar-refractivity contribution in [3.63, 3.8) is 0 Å². The maximum Gasteiger partial charge on any atom is 0.449 e. The number of hydrogen-bond acceptors (Lipinski definition) is 3. The first-order chi connectivity index (χ1) is 12.9. The maximum atomic E-state index is 13.3. The van der Waals surface area contributed by atoms with E-state index in [0.29, 0.717) is 11.0 Å². The van der Waals surface area contributed by atoms with Crippen LogP contribution in [-0.2, 0) is 17.5 Å². The van der Waals surface area contributed by atoms with Gasteiger partial charge in [-0.3, -0.25) is 9.78 Å². The minimum absolute atomic E-state index is 0.0596. The molecule has 1 atom stereocenters. The van der Waals surface area contributed by atoms with Crippen molar-refractivity contribution >= 4 is 16.9 Å². The summed E-state index contributed by atoms with van der Waals surface area (Å²) < 4.78 is 40.9. The van der Waals surface area contributed by atoms with Crippen LogP contribution in [0.5, 0.6) is 0 Å². The van der Waals surface area contributed by atoms with Crippen LogP contribution < -0.4 is 5.32 Å². The molecule has 5 nitrogen and oxygen atoms in total. The number of amides is 1. The zero-order chi connectivity index (χ0) is 19.4. The molecule has 8 heteroatoms. The van der Waals surface area contributed by atoms with E-state index in [1.165, 1.54) is 0 Å². The second kappa shape index (κ2) is 7.77. The third kappa shape index (κ3) is 4.45. The van der Waals surface area contributed by atoms with Crippen LogP contribution in [0.1, 0.15) is 37.2 Å². The predicted molar refractivity (Wildman–Crippen MR) is 94.8 cm³/mol. The van der Waals surface area contributed by atoms with Crippen molar-refractivity contribution in [2.75, 3.05) is 0 Å². The summed E-state index contributed by atoms with van der Waals surface area (Å²) in [4.78, 5) is 19.8. The molecule has 3 aromatic rings. The molecular weight excluding hydrogens is 357 g/mol. The number of carbonyl (C=O) groups excluding carboxylic acids is 1. The summed E-state index contributed by atoms with van der Waals surface area (Å²) in [7, 11) is 0. The number of para-hydroxylation sites is 2. The van der Waals surface area contributed by atoms with Gasteiger partial charge in [-0.25, -0.2) is 4.98 Å². The van der Waals surface area contributed by atoms with Crippen molar-refractivity contribution in [3.05, 3.63) is 60.2 Å². The van der Waals surface area contributed by atoms with Crippen molar-refractivity contribution in [2.45, 2.75) is 38.5 Å². The van der Waals surface area contributed by atoms with Crippen molar-refractivity contribution in [2.24, 2.45) is 0 Å². The highest BCUT2D eigenvalue weighted by atomic mass is 19.4. The largest absolute Gasteiger partial charge is 0.449 e. The maximum absolute atomic E-state index is 13.3. The van der Waals surface area contributed by atoms with Gasteiger partial charge < -0.3 is 9.88 Å². The van der Waals surface area contributed by atoms with Gasteiger partial charge in [-0.05, 0) is 37.1 Å². The highest BCUT2D eigenvalue weighted by Crippen LogP contribution is 2.31. The fraction of sp³-hybridized carbons (Fsp3) is 0.316. The first-order valence-electron chi connectivity index (χ1n) is 8.58. The number of nitrogens with zero attached hydrogens (tertiary/aromatic N) is 3. The highest BCUT2D eigenvalue weighted by Gasteiger charge is 2.37. The quantitative estimate of drug-likeness (QED) is 0.704. The van der Waals surface area contributed by atoms with Crippen LogP contribution in [0.15, 0.2) is 48.8 Å². The third-order valence-electron chi connectivity index (χ3n) is 4.26. The molecular formula is C19H19F3N4O. The Bertz CT molecular complexity index is 922. The van der Waals surface area contributed by atoms with Crippen LogP contribution >= 0.6 is 0 Å². The number of aromatic nitrogens is 3. The first kappa shape index (κ1) is 18.9. The fourth-order valence-electron chi connectivity index (χ4n) is 2.95. The molecule has 1 aromatic carbocycles. The number of aryl methyl sites for hydroxylation is 1. The van der Waals surface area contributed by atoms with E-state index in [1.807, 2.05) is 13.0 Å². The topological polar surface area (TPSA) is 59.8 Å². The lowest BCUT2D eigenvalue weighted by atomic mass is 10.1. The average Bonchev–Trinajstić information content (AvgIpc) is 3.02. The fourth-order valence-corrected chi connectivity index (χ4v) is 2.95.